The van der Waals surface area contributed by atoms with Crippen LogP contribution in [0.25, 0.3) is 0 Å². The Hall–Kier alpha value is -1.80. The molecule has 0 amide bonds. The van der Waals surface area contributed by atoms with Crippen LogP contribution in [0.2, 0.25) is 0 Å². The number of carbonyl (C=O) groups is 1. The average molecular weight is 780 g/mol. The Bertz CT molecular complexity index is 1050. The van der Waals surface area contributed by atoms with Gasteiger partial charge in [-0.1, -0.05) is 145 Å². The van der Waals surface area contributed by atoms with Crippen molar-refractivity contribution in [1.29, 1.82) is 0 Å². The second-order valence-electron chi connectivity index (χ2n) is 15.3. The Morgan fingerprint density at radius 3 is 1.63 bits per heavy atom. The topological polar surface area (TPSA) is 94.1 Å². The molecule has 0 saturated carbocycles. The SMILES string of the molecule is CC/C=C\C/C=C\C/C=C\C/C=C\CCCOCC(COP(=O)([O-])OCC[N+](C)(C)C)OC(=O)CCCCCCCCC/C=C\CCCCCCCCC. The number of phosphoric acid groups is 1. The zero-order valence-electron chi connectivity index (χ0n) is 35.4. The van der Waals surface area contributed by atoms with E-state index in [0.717, 1.165) is 57.8 Å². The molecule has 0 heterocycles. The molecule has 0 aromatic rings. The molecule has 0 rings (SSSR count). The molecule has 54 heavy (non-hydrogen) atoms. The molecule has 0 bridgehead atoms. The fourth-order valence-corrected chi connectivity index (χ4v) is 6.21. The van der Waals surface area contributed by atoms with E-state index in [9.17, 15) is 14.3 Å². The summed E-state index contributed by atoms with van der Waals surface area (Å²) in [6.45, 7) is 5.12. The summed E-state index contributed by atoms with van der Waals surface area (Å²) in [5.74, 6) is -0.359. The highest BCUT2D eigenvalue weighted by Crippen LogP contribution is 2.38. The van der Waals surface area contributed by atoms with Gasteiger partial charge in [0.25, 0.3) is 7.82 Å². The maximum atomic E-state index is 12.7. The quantitative estimate of drug-likeness (QED) is 0.0202. The lowest BCUT2D eigenvalue weighted by molar-refractivity contribution is -0.870. The van der Waals surface area contributed by atoms with Gasteiger partial charge in [0.15, 0.2) is 0 Å². The predicted octanol–water partition coefficient (Wildman–Crippen LogP) is 11.9. The molecular formula is C45H82NO7P. The van der Waals surface area contributed by atoms with Crippen LogP contribution in [-0.4, -0.2) is 70.7 Å². The number of carbonyl (C=O) groups excluding carboxylic acids is 1. The van der Waals surface area contributed by atoms with Crippen LogP contribution in [0, 0.1) is 0 Å². The van der Waals surface area contributed by atoms with Gasteiger partial charge in [-0.3, -0.25) is 9.36 Å². The van der Waals surface area contributed by atoms with Crippen molar-refractivity contribution in [1.82, 2.24) is 0 Å². The molecule has 2 atom stereocenters. The third-order valence-corrected chi connectivity index (χ3v) is 9.77. The van der Waals surface area contributed by atoms with Gasteiger partial charge >= 0.3 is 5.97 Å². The fraction of sp³-hybridized carbons (Fsp3) is 0.756. The third-order valence-electron chi connectivity index (χ3n) is 8.80. The first-order valence-electron chi connectivity index (χ1n) is 21.5. The van der Waals surface area contributed by atoms with E-state index in [2.05, 4.69) is 74.6 Å². The van der Waals surface area contributed by atoms with E-state index in [0.29, 0.717) is 24.1 Å². The molecule has 0 saturated heterocycles. The van der Waals surface area contributed by atoms with E-state index in [4.69, 9.17) is 18.5 Å². The van der Waals surface area contributed by atoms with Crippen molar-refractivity contribution in [3.05, 3.63) is 60.8 Å². The number of ether oxygens (including phenoxy) is 2. The van der Waals surface area contributed by atoms with Crippen molar-refractivity contribution >= 4 is 13.8 Å². The second-order valence-corrected chi connectivity index (χ2v) is 16.7. The van der Waals surface area contributed by atoms with Crippen LogP contribution in [0.15, 0.2) is 60.8 Å². The minimum atomic E-state index is -4.54. The number of allylic oxidation sites excluding steroid dienone is 10. The summed E-state index contributed by atoms with van der Waals surface area (Å²) >= 11 is 0. The van der Waals surface area contributed by atoms with Crippen LogP contribution in [0.5, 0.6) is 0 Å². The van der Waals surface area contributed by atoms with Crippen LogP contribution in [0.3, 0.4) is 0 Å². The van der Waals surface area contributed by atoms with Gasteiger partial charge in [-0.15, -0.1) is 0 Å². The Kier molecular flexibility index (Phi) is 36.8. The van der Waals surface area contributed by atoms with Crippen molar-refractivity contribution in [2.75, 3.05) is 54.1 Å². The van der Waals surface area contributed by atoms with Crippen molar-refractivity contribution in [3.8, 4) is 0 Å². The summed E-state index contributed by atoms with van der Waals surface area (Å²) in [5.41, 5.74) is 0. The third kappa shape index (κ3) is 41.4. The predicted molar refractivity (Wildman–Crippen MR) is 226 cm³/mol. The molecule has 0 spiro atoms. The molecule has 0 aromatic heterocycles. The number of hydrogen-bond acceptors (Lipinski definition) is 7. The normalized spacial score (nSPS) is 14.4. The van der Waals surface area contributed by atoms with E-state index in [1.165, 1.54) is 83.5 Å². The zero-order valence-corrected chi connectivity index (χ0v) is 36.3. The van der Waals surface area contributed by atoms with E-state index in [-0.39, 0.29) is 25.8 Å². The van der Waals surface area contributed by atoms with E-state index >= 15 is 0 Å². The number of rotatable bonds is 39. The number of nitrogens with zero attached hydrogens (tertiary/aromatic N) is 1. The molecular weight excluding hydrogens is 697 g/mol. The molecule has 314 valence electrons. The molecule has 9 heteroatoms. The first-order chi connectivity index (χ1) is 26.1. The Labute approximate surface area is 332 Å². The molecule has 8 nitrogen and oxygen atoms in total. The van der Waals surface area contributed by atoms with Crippen molar-refractivity contribution in [2.45, 2.75) is 168 Å². The monoisotopic (exact) mass is 780 g/mol. The van der Waals surface area contributed by atoms with Gasteiger partial charge in [0.05, 0.1) is 34.4 Å². The Morgan fingerprint density at radius 1 is 0.593 bits per heavy atom. The van der Waals surface area contributed by atoms with Gasteiger partial charge in [-0.05, 0) is 70.6 Å². The summed E-state index contributed by atoms with van der Waals surface area (Å²) in [6.07, 6.45) is 46.8. The van der Waals surface area contributed by atoms with Crippen LogP contribution in [0.4, 0.5) is 0 Å². The molecule has 0 aliphatic rings. The lowest BCUT2D eigenvalue weighted by Crippen LogP contribution is -2.37. The van der Waals surface area contributed by atoms with Crippen molar-refractivity contribution < 1.29 is 37.3 Å². The van der Waals surface area contributed by atoms with Gasteiger partial charge in [0.1, 0.15) is 19.3 Å². The first kappa shape index (κ1) is 52.2. The number of esters is 1. The summed E-state index contributed by atoms with van der Waals surface area (Å²) in [4.78, 5) is 25.0. The number of unbranched alkanes of at least 4 members (excludes halogenated alkanes) is 15. The Morgan fingerprint density at radius 2 is 1.07 bits per heavy atom. The van der Waals surface area contributed by atoms with Gasteiger partial charge in [0, 0.05) is 13.0 Å². The maximum absolute atomic E-state index is 12.7. The molecule has 0 aliphatic carbocycles. The minimum Gasteiger partial charge on any atom is -0.756 e. The van der Waals surface area contributed by atoms with Gasteiger partial charge in [-0.2, -0.15) is 0 Å². The molecule has 0 radical (unpaired) electrons. The highest BCUT2D eigenvalue weighted by molar-refractivity contribution is 7.45. The number of quaternary nitrogens is 1. The van der Waals surface area contributed by atoms with Crippen molar-refractivity contribution in [3.63, 3.8) is 0 Å². The standard InChI is InChI=1S/C45H82NO7P/c1-6-8-10-12-14-16-18-20-22-23-24-25-26-28-30-32-34-36-38-45(47)53-44(43-52-54(48,49)51-41-39-46(3,4)5)42-50-40-37-35-33-31-29-27-21-19-17-15-13-11-9-7-2/h9,11,15,17,21-23,27,31,33,44H,6-8,10,12-14,16,18-20,24-26,28-30,32,34-43H2,1-5H3/b11-9-,17-15-,23-22-,27-21-,33-31-. The summed E-state index contributed by atoms with van der Waals surface area (Å²) in [5, 5.41) is 0. The summed E-state index contributed by atoms with van der Waals surface area (Å²) < 4.78 is 34.5. The van der Waals surface area contributed by atoms with Crippen LogP contribution in [-0.2, 0) is 27.9 Å². The van der Waals surface area contributed by atoms with Gasteiger partial charge in [0.2, 0.25) is 0 Å². The Balaban J connectivity index is 4.32. The number of hydrogen-bond donors (Lipinski definition) is 0. The zero-order chi connectivity index (χ0) is 39.9. The minimum absolute atomic E-state index is 0.0128. The lowest BCUT2D eigenvalue weighted by atomic mass is 10.1. The van der Waals surface area contributed by atoms with Crippen LogP contribution < -0.4 is 4.89 Å². The fourth-order valence-electron chi connectivity index (χ4n) is 5.49. The molecule has 0 fully saturated rings. The highest BCUT2D eigenvalue weighted by Gasteiger charge is 2.20. The van der Waals surface area contributed by atoms with E-state index < -0.39 is 13.9 Å². The van der Waals surface area contributed by atoms with Crippen LogP contribution >= 0.6 is 7.82 Å². The molecule has 0 aromatic carbocycles. The van der Waals surface area contributed by atoms with E-state index in [1.54, 1.807) is 0 Å². The maximum Gasteiger partial charge on any atom is 0.306 e. The smallest absolute Gasteiger partial charge is 0.306 e. The molecule has 0 aliphatic heterocycles. The lowest BCUT2D eigenvalue weighted by Gasteiger charge is -2.28. The number of likely N-dealkylation sites (N-methyl/N-ethyl adjacent to an activating group) is 1. The first-order valence-corrected chi connectivity index (χ1v) is 23.0. The van der Waals surface area contributed by atoms with Crippen molar-refractivity contribution in [2.24, 2.45) is 0 Å². The number of phosphoric ester groups is 1. The molecule has 2 unspecified atom stereocenters. The summed E-state index contributed by atoms with van der Waals surface area (Å²) in [7, 11) is 1.31. The average Bonchev–Trinajstić information content (AvgIpc) is 3.12. The second kappa shape index (κ2) is 38.1. The molecule has 0 N–H and O–H groups in total. The van der Waals surface area contributed by atoms with Gasteiger partial charge < -0.3 is 27.9 Å². The van der Waals surface area contributed by atoms with E-state index in [1.807, 2.05) is 21.1 Å². The largest absolute Gasteiger partial charge is 0.756 e. The van der Waals surface area contributed by atoms with Crippen LogP contribution in [0.1, 0.15) is 162 Å². The highest BCUT2D eigenvalue weighted by atomic mass is 31.2. The summed E-state index contributed by atoms with van der Waals surface area (Å²) in [6, 6.07) is 0. The van der Waals surface area contributed by atoms with Gasteiger partial charge in [-0.25, -0.2) is 0 Å².